The number of aryl methyl sites for hydroxylation is 1. The normalized spacial score (nSPS) is 18.7. The van der Waals surface area contributed by atoms with Crippen molar-refractivity contribution < 1.29 is 0 Å². The maximum Gasteiger partial charge on any atom is 0.137 e. The van der Waals surface area contributed by atoms with Gasteiger partial charge in [0.15, 0.2) is 0 Å². The molecule has 1 fully saturated rings. The molecule has 1 aromatic rings. The van der Waals surface area contributed by atoms with Gasteiger partial charge >= 0.3 is 0 Å². The molecular weight excluding hydrogens is 258 g/mol. The molecule has 106 valence electrons. The number of hydrogen-bond acceptors (Lipinski definition) is 3. The highest BCUT2D eigenvalue weighted by atomic mass is 35.5. The third kappa shape index (κ3) is 3.02. The van der Waals surface area contributed by atoms with Gasteiger partial charge < -0.3 is 4.90 Å². The van der Waals surface area contributed by atoms with Gasteiger partial charge in [0.1, 0.15) is 16.8 Å². The standard InChI is InChI=1S/C15H24ClN3/c1-5-12-17-13(16)11(3)14(18-12)19-9-7-15(4,6-2)8-10-19/h5-10H2,1-4H3. The van der Waals surface area contributed by atoms with Gasteiger partial charge in [-0.05, 0) is 25.2 Å². The van der Waals surface area contributed by atoms with E-state index in [9.17, 15) is 0 Å². The molecule has 0 bridgehead atoms. The topological polar surface area (TPSA) is 29.0 Å². The molecule has 1 saturated heterocycles. The highest BCUT2D eigenvalue weighted by molar-refractivity contribution is 6.30. The summed E-state index contributed by atoms with van der Waals surface area (Å²) in [4.78, 5) is 11.4. The van der Waals surface area contributed by atoms with E-state index in [0.717, 1.165) is 36.7 Å². The van der Waals surface area contributed by atoms with E-state index in [0.29, 0.717) is 10.6 Å². The Labute approximate surface area is 121 Å². The van der Waals surface area contributed by atoms with Crippen molar-refractivity contribution in [2.45, 2.75) is 53.4 Å². The number of hydrogen-bond donors (Lipinski definition) is 0. The minimum atomic E-state index is 0.495. The van der Waals surface area contributed by atoms with Crippen molar-refractivity contribution in [1.82, 2.24) is 9.97 Å². The first kappa shape index (κ1) is 14.6. The minimum absolute atomic E-state index is 0.495. The summed E-state index contributed by atoms with van der Waals surface area (Å²) in [7, 11) is 0. The van der Waals surface area contributed by atoms with Crippen LogP contribution in [-0.2, 0) is 6.42 Å². The van der Waals surface area contributed by atoms with Crippen LogP contribution in [0.15, 0.2) is 0 Å². The number of rotatable bonds is 3. The molecule has 2 heterocycles. The Hall–Kier alpha value is -0.830. The van der Waals surface area contributed by atoms with Gasteiger partial charge in [-0.15, -0.1) is 0 Å². The number of halogens is 1. The molecule has 0 unspecified atom stereocenters. The van der Waals surface area contributed by atoms with Crippen molar-refractivity contribution >= 4 is 17.4 Å². The van der Waals surface area contributed by atoms with Gasteiger partial charge in [0.25, 0.3) is 0 Å². The van der Waals surface area contributed by atoms with Crippen molar-refractivity contribution in [3.63, 3.8) is 0 Å². The zero-order chi connectivity index (χ0) is 14.0. The van der Waals surface area contributed by atoms with Crippen molar-refractivity contribution in [2.75, 3.05) is 18.0 Å². The SMILES string of the molecule is CCc1nc(Cl)c(C)c(N2CCC(C)(CC)CC2)n1. The zero-order valence-electron chi connectivity index (χ0n) is 12.5. The molecule has 0 radical (unpaired) electrons. The van der Waals surface area contributed by atoms with Gasteiger partial charge in [-0.2, -0.15) is 0 Å². The molecular formula is C15H24ClN3. The Morgan fingerprint density at radius 3 is 2.37 bits per heavy atom. The summed E-state index contributed by atoms with van der Waals surface area (Å²) >= 11 is 6.22. The van der Waals surface area contributed by atoms with Crippen LogP contribution in [-0.4, -0.2) is 23.1 Å². The zero-order valence-corrected chi connectivity index (χ0v) is 13.2. The van der Waals surface area contributed by atoms with Crippen LogP contribution in [0.3, 0.4) is 0 Å². The molecule has 0 saturated carbocycles. The van der Waals surface area contributed by atoms with E-state index in [-0.39, 0.29) is 0 Å². The Bertz CT molecular complexity index is 451. The second kappa shape index (κ2) is 5.66. The lowest BCUT2D eigenvalue weighted by atomic mass is 9.78. The molecule has 1 aromatic heterocycles. The summed E-state index contributed by atoms with van der Waals surface area (Å²) in [6.45, 7) is 10.9. The fourth-order valence-corrected chi connectivity index (χ4v) is 2.78. The summed E-state index contributed by atoms with van der Waals surface area (Å²) in [5, 5.41) is 0.602. The third-order valence-corrected chi connectivity index (χ3v) is 4.91. The number of nitrogens with zero attached hydrogens (tertiary/aromatic N) is 3. The second-order valence-corrected chi connectivity index (χ2v) is 6.24. The van der Waals surface area contributed by atoms with E-state index < -0.39 is 0 Å². The predicted octanol–water partition coefficient (Wildman–Crippen LogP) is 4.02. The summed E-state index contributed by atoms with van der Waals surface area (Å²) < 4.78 is 0. The Morgan fingerprint density at radius 1 is 1.21 bits per heavy atom. The average Bonchev–Trinajstić information content (AvgIpc) is 2.43. The van der Waals surface area contributed by atoms with Crippen molar-refractivity contribution in [1.29, 1.82) is 0 Å². The van der Waals surface area contributed by atoms with Gasteiger partial charge in [-0.3, -0.25) is 0 Å². The molecule has 2 rings (SSSR count). The fraction of sp³-hybridized carbons (Fsp3) is 0.733. The Morgan fingerprint density at radius 2 is 1.84 bits per heavy atom. The number of piperidine rings is 1. The van der Waals surface area contributed by atoms with Gasteiger partial charge in [0.2, 0.25) is 0 Å². The molecule has 1 aliphatic rings. The van der Waals surface area contributed by atoms with Crippen LogP contribution in [0.25, 0.3) is 0 Å². The smallest absolute Gasteiger partial charge is 0.137 e. The maximum absolute atomic E-state index is 6.22. The molecule has 0 spiro atoms. The molecule has 0 N–H and O–H groups in total. The predicted molar refractivity (Wildman–Crippen MR) is 81.0 cm³/mol. The van der Waals surface area contributed by atoms with E-state index >= 15 is 0 Å². The molecule has 1 aliphatic heterocycles. The van der Waals surface area contributed by atoms with Crippen LogP contribution >= 0.6 is 11.6 Å². The maximum atomic E-state index is 6.22. The summed E-state index contributed by atoms with van der Waals surface area (Å²) in [5.74, 6) is 1.88. The minimum Gasteiger partial charge on any atom is -0.356 e. The molecule has 19 heavy (non-hydrogen) atoms. The molecule has 4 heteroatoms. The summed E-state index contributed by atoms with van der Waals surface area (Å²) in [5.41, 5.74) is 1.51. The van der Waals surface area contributed by atoms with Crippen molar-refractivity contribution in [3.8, 4) is 0 Å². The highest BCUT2D eigenvalue weighted by Gasteiger charge is 2.29. The van der Waals surface area contributed by atoms with Gasteiger partial charge in [0, 0.05) is 25.1 Å². The van der Waals surface area contributed by atoms with Gasteiger partial charge in [0.05, 0.1) is 0 Å². The monoisotopic (exact) mass is 281 g/mol. The van der Waals surface area contributed by atoms with Crippen LogP contribution in [0.2, 0.25) is 5.15 Å². The number of aromatic nitrogens is 2. The first-order chi connectivity index (χ1) is 8.99. The summed E-state index contributed by atoms with van der Waals surface area (Å²) in [6, 6.07) is 0. The Kier molecular flexibility index (Phi) is 4.34. The third-order valence-electron chi connectivity index (χ3n) is 4.55. The molecule has 3 nitrogen and oxygen atoms in total. The molecule has 0 aliphatic carbocycles. The van der Waals surface area contributed by atoms with Crippen molar-refractivity contribution in [3.05, 3.63) is 16.5 Å². The lowest BCUT2D eigenvalue weighted by Gasteiger charge is -2.40. The summed E-state index contributed by atoms with van der Waals surface area (Å²) in [6.07, 6.45) is 4.54. The first-order valence-electron chi connectivity index (χ1n) is 7.27. The van der Waals surface area contributed by atoms with Gasteiger partial charge in [-0.25, -0.2) is 9.97 Å². The number of anilines is 1. The van der Waals surface area contributed by atoms with E-state index in [2.05, 4.69) is 35.6 Å². The molecule has 0 amide bonds. The largest absolute Gasteiger partial charge is 0.356 e. The highest BCUT2D eigenvalue weighted by Crippen LogP contribution is 2.36. The van der Waals surface area contributed by atoms with E-state index in [1.165, 1.54) is 19.3 Å². The van der Waals surface area contributed by atoms with E-state index in [4.69, 9.17) is 11.6 Å². The van der Waals surface area contributed by atoms with Crippen LogP contribution in [0.4, 0.5) is 5.82 Å². The first-order valence-corrected chi connectivity index (χ1v) is 7.65. The lowest BCUT2D eigenvalue weighted by Crippen LogP contribution is -2.39. The molecule has 0 aromatic carbocycles. The second-order valence-electron chi connectivity index (χ2n) is 5.88. The van der Waals surface area contributed by atoms with Crippen LogP contribution in [0.1, 0.15) is 51.4 Å². The molecule has 0 atom stereocenters. The quantitative estimate of drug-likeness (QED) is 0.784. The van der Waals surface area contributed by atoms with E-state index in [1.54, 1.807) is 0 Å². The van der Waals surface area contributed by atoms with Gasteiger partial charge in [-0.1, -0.05) is 38.8 Å². The van der Waals surface area contributed by atoms with E-state index in [1.807, 2.05) is 6.92 Å². The lowest BCUT2D eigenvalue weighted by molar-refractivity contribution is 0.237. The average molecular weight is 282 g/mol. The van der Waals surface area contributed by atoms with Crippen molar-refractivity contribution in [2.24, 2.45) is 5.41 Å². The Balaban J connectivity index is 2.22. The van der Waals surface area contributed by atoms with Crippen LogP contribution < -0.4 is 4.90 Å². The van der Waals surface area contributed by atoms with Crippen LogP contribution in [0.5, 0.6) is 0 Å². The fourth-order valence-electron chi connectivity index (χ4n) is 2.60. The van der Waals surface area contributed by atoms with Crippen LogP contribution in [0, 0.1) is 12.3 Å².